The molecular formula is C13H20O. The van der Waals surface area contributed by atoms with E-state index in [1.165, 1.54) is 19.3 Å². The van der Waals surface area contributed by atoms with E-state index < -0.39 is 0 Å². The highest BCUT2D eigenvalue weighted by atomic mass is 16.1. The fourth-order valence-corrected chi connectivity index (χ4v) is 1.73. The average molecular weight is 192 g/mol. The molecule has 0 aromatic carbocycles. The summed E-state index contributed by atoms with van der Waals surface area (Å²) in [6, 6.07) is 0. The molecule has 1 aliphatic rings. The number of rotatable bonds is 5. The summed E-state index contributed by atoms with van der Waals surface area (Å²) in [6.45, 7) is 2.20. The van der Waals surface area contributed by atoms with Crippen molar-refractivity contribution in [2.24, 2.45) is 5.92 Å². The highest BCUT2D eigenvalue weighted by Gasteiger charge is 2.18. The van der Waals surface area contributed by atoms with Gasteiger partial charge in [0.1, 0.15) is 5.78 Å². The standard InChI is InChI=1S/C13H20O/c1-2-3-4-5-6-7-8-12-9-10-13(14)11-12/h5-8,12H,2-4,9-11H2,1H3/b6-5-,8-7+/t12-/m0/s1. The zero-order valence-corrected chi connectivity index (χ0v) is 9.04. The Kier molecular flexibility index (Phi) is 5.28. The van der Waals surface area contributed by atoms with Crippen molar-refractivity contribution in [2.75, 3.05) is 0 Å². The van der Waals surface area contributed by atoms with E-state index in [1.807, 2.05) is 0 Å². The summed E-state index contributed by atoms with van der Waals surface area (Å²) < 4.78 is 0. The second kappa shape index (κ2) is 6.58. The Labute approximate surface area is 86.9 Å². The lowest BCUT2D eigenvalue weighted by atomic mass is 10.1. The molecule has 0 saturated heterocycles. The minimum absolute atomic E-state index is 0.426. The Morgan fingerprint density at radius 2 is 2.29 bits per heavy atom. The van der Waals surface area contributed by atoms with Crippen molar-refractivity contribution >= 4 is 5.78 Å². The van der Waals surface area contributed by atoms with E-state index in [9.17, 15) is 4.79 Å². The molecule has 0 aromatic rings. The van der Waals surface area contributed by atoms with Crippen molar-refractivity contribution in [3.8, 4) is 0 Å². The normalized spacial score (nSPS) is 22.9. The summed E-state index contributed by atoms with van der Waals surface area (Å²) >= 11 is 0. The summed E-state index contributed by atoms with van der Waals surface area (Å²) in [7, 11) is 0. The van der Waals surface area contributed by atoms with Gasteiger partial charge in [-0.3, -0.25) is 4.79 Å². The van der Waals surface area contributed by atoms with Gasteiger partial charge < -0.3 is 0 Å². The topological polar surface area (TPSA) is 17.1 Å². The SMILES string of the molecule is CCCC/C=C\C=C\[C@H]1CCC(=O)C1. The van der Waals surface area contributed by atoms with E-state index in [1.54, 1.807) is 0 Å². The van der Waals surface area contributed by atoms with E-state index in [0.29, 0.717) is 11.7 Å². The minimum atomic E-state index is 0.426. The van der Waals surface area contributed by atoms with E-state index in [2.05, 4.69) is 31.2 Å². The fourth-order valence-electron chi connectivity index (χ4n) is 1.73. The number of ketones is 1. The van der Waals surface area contributed by atoms with Crippen molar-refractivity contribution in [1.29, 1.82) is 0 Å². The van der Waals surface area contributed by atoms with E-state index in [-0.39, 0.29) is 0 Å². The molecule has 78 valence electrons. The van der Waals surface area contributed by atoms with Gasteiger partial charge in [0.15, 0.2) is 0 Å². The first-order valence-corrected chi connectivity index (χ1v) is 5.68. The van der Waals surface area contributed by atoms with Crippen LogP contribution in [0.25, 0.3) is 0 Å². The van der Waals surface area contributed by atoms with Crippen molar-refractivity contribution < 1.29 is 4.79 Å². The number of hydrogen-bond acceptors (Lipinski definition) is 1. The molecule has 1 rings (SSSR count). The first kappa shape index (κ1) is 11.2. The molecule has 14 heavy (non-hydrogen) atoms. The Balaban J connectivity index is 2.14. The van der Waals surface area contributed by atoms with Gasteiger partial charge in [0.05, 0.1) is 0 Å². The molecule has 0 amide bonds. The highest BCUT2D eigenvalue weighted by molar-refractivity contribution is 5.80. The first-order valence-electron chi connectivity index (χ1n) is 5.68. The Morgan fingerprint density at radius 1 is 1.43 bits per heavy atom. The Hall–Kier alpha value is -0.850. The molecule has 0 bridgehead atoms. The molecule has 0 spiro atoms. The van der Waals surface area contributed by atoms with Gasteiger partial charge in [0, 0.05) is 12.8 Å². The summed E-state index contributed by atoms with van der Waals surface area (Å²) in [4.78, 5) is 11.0. The van der Waals surface area contributed by atoms with Crippen LogP contribution in [-0.4, -0.2) is 5.78 Å². The summed E-state index contributed by atoms with van der Waals surface area (Å²) in [5.41, 5.74) is 0. The van der Waals surface area contributed by atoms with Crippen molar-refractivity contribution in [1.82, 2.24) is 0 Å². The van der Waals surface area contributed by atoms with Crippen LogP contribution in [0.15, 0.2) is 24.3 Å². The summed E-state index contributed by atoms with van der Waals surface area (Å²) in [5.74, 6) is 0.938. The lowest BCUT2D eigenvalue weighted by molar-refractivity contribution is -0.117. The van der Waals surface area contributed by atoms with Crippen molar-refractivity contribution in [3.63, 3.8) is 0 Å². The Morgan fingerprint density at radius 3 is 2.93 bits per heavy atom. The summed E-state index contributed by atoms with van der Waals surface area (Å²) in [6.07, 6.45) is 14.9. The van der Waals surface area contributed by atoms with Gasteiger partial charge in [-0.05, 0) is 18.8 Å². The average Bonchev–Trinajstić information content (AvgIpc) is 2.58. The summed E-state index contributed by atoms with van der Waals surface area (Å²) in [5, 5.41) is 0. The molecule has 1 saturated carbocycles. The van der Waals surface area contributed by atoms with Gasteiger partial charge in [-0.25, -0.2) is 0 Å². The van der Waals surface area contributed by atoms with Crippen LogP contribution in [0.2, 0.25) is 0 Å². The van der Waals surface area contributed by atoms with Crippen LogP contribution in [0.1, 0.15) is 45.4 Å². The zero-order chi connectivity index (χ0) is 10.2. The van der Waals surface area contributed by atoms with Crippen LogP contribution < -0.4 is 0 Å². The van der Waals surface area contributed by atoms with Crippen LogP contribution >= 0.6 is 0 Å². The quantitative estimate of drug-likeness (QED) is 0.480. The second-order valence-corrected chi connectivity index (χ2v) is 4.00. The third-order valence-electron chi connectivity index (χ3n) is 2.64. The third-order valence-corrected chi connectivity index (χ3v) is 2.64. The van der Waals surface area contributed by atoms with Crippen molar-refractivity contribution in [2.45, 2.75) is 45.4 Å². The van der Waals surface area contributed by atoms with E-state index in [0.717, 1.165) is 19.3 Å². The van der Waals surface area contributed by atoms with Crippen LogP contribution in [0.4, 0.5) is 0 Å². The first-order chi connectivity index (χ1) is 6.83. The third kappa shape index (κ3) is 4.40. The number of carbonyl (C=O) groups is 1. The maximum atomic E-state index is 11.0. The van der Waals surface area contributed by atoms with E-state index in [4.69, 9.17) is 0 Å². The van der Waals surface area contributed by atoms with Gasteiger partial charge in [-0.2, -0.15) is 0 Å². The van der Waals surface area contributed by atoms with Crippen LogP contribution in [-0.2, 0) is 4.79 Å². The number of unbranched alkanes of at least 4 members (excludes halogenated alkanes) is 2. The van der Waals surface area contributed by atoms with Gasteiger partial charge in [-0.1, -0.05) is 44.1 Å². The zero-order valence-electron chi connectivity index (χ0n) is 9.04. The maximum Gasteiger partial charge on any atom is 0.133 e. The predicted octanol–water partition coefficient (Wildman–Crippen LogP) is 3.66. The number of carbonyl (C=O) groups excluding carboxylic acids is 1. The maximum absolute atomic E-state index is 11.0. The molecule has 0 aliphatic heterocycles. The van der Waals surface area contributed by atoms with Gasteiger partial charge in [0.25, 0.3) is 0 Å². The van der Waals surface area contributed by atoms with Crippen molar-refractivity contribution in [3.05, 3.63) is 24.3 Å². The largest absolute Gasteiger partial charge is 0.300 e. The molecule has 1 atom stereocenters. The van der Waals surface area contributed by atoms with Gasteiger partial charge in [0.2, 0.25) is 0 Å². The number of Topliss-reactive ketones (excluding diaryl/α,β-unsaturated/α-hetero) is 1. The lowest BCUT2D eigenvalue weighted by Gasteiger charge is -1.96. The predicted molar refractivity (Wildman–Crippen MR) is 60.2 cm³/mol. The highest BCUT2D eigenvalue weighted by Crippen LogP contribution is 2.22. The smallest absolute Gasteiger partial charge is 0.133 e. The van der Waals surface area contributed by atoms with Crippen LogP contribution in [0.3, 0.4) is 0 Å². The van der Waals surface area contributed by atoms with Gasteiger partial charge >= 0.3 is 0 Å². The molecule has 1 fully saturated rings. The molecule has 0 aromatic heterocycles. The molecular weight excluding hydrogens is 172 g/mol. The number of allylic oxidation sites excluding steroid dienone is 4. The molecule has 0 N–H and O–H groups in total. The number of hydrogen-bond donors (Lipinski definition) is 0. The molecule has 0 unspecified atom stereocenters. The van der Waals surface area contributed by atoms with Crippen LogP contribution in [0.5, 0.6) is 0 Å². The van der Waals surface area contributed by atoms with E-state index >= 15 is 0 Å². The van der Waals surface area contributed by atoms with Gasteiger partial charge in [-0.15, -0.1) is 0 Å². The Bertz CT molecular complexity index is 225. The molecule has 1 nitrogen and oxygen atoms in total. The second-order valence-electron chi connectivity index (χ2n) is 4.00. The molecule has 1 heteroatoms. The fraction of sp³-hybridized carbons (Fsp3) is 0.615. The minimum Gasteiger partial charge on any atom is -0.300 e. The van der Waals surface area contributed by atoms with Crippen LogP contribution in [0, 0.1) is 5.92 Å². The lowest BCUT2D eigenvalue weighted by Crippen LogP contribution is -1.89. The molecule has 1 aliphatic carbocycles. The molecule has 0 heterocycles. The molecule has 0 radical (unpaired) electrons. The monoisotopic (exact) mass is 192 g/mol.